The molecule has 3 aromatic heterocycles. The van der Waals surface area contributed by atoms with Crippen molar-refractivity contribution in [1.29, 1.82) is 0 Å². The van der Waals surface area contributed by atoms with Crippen molar-refractivity contribution in [2.75, 3.05) is 13.2 Å². The molecule has 0 spiro atoms. The Balaban J connectivity index is 1.09. The van der Waals surface area contributed by atoms with Gasteiger partial charge in [-0.1, -0.05) is 18.2 Å². The predicted molar refractivity (Wildman–Crippen MR) is 147 cm³/mol. The smallest absolute Gasteiger partial charge is 0.325 e. The number of aromatic nitrogens is 5. The minimum absolute atomic E-state index is 0.0330. The molecule has 2 aromatic carbocycles. The standard InChI is InChI=1S/C29H26FN7O4/c30-24-14-21(25-10-12-34-35-25)15-33-29(24)41-23-8-6-19(7-9-23)26-11-13-37(36-26)17-22(31)18-40-27(38)16-32-28(39)20-4-2-1-3-5-20/h1-15,22H,16-18,31H2,(H,32,39)(H,34,35)/t22-/m0/s1. The monoisotopic (exact) mass is 555 g/mol. The molecule has 0 saturated carbocycles. The minimum atomic E-state index is -0.598. The van der Waals surface area contributed by atoms with E-state index >= 15 is 0 Å². The number of nitrogens with zero attached hydrogens (tertiary/aromatic N) is 4. The van der Waals surface area contributed by atoms with Crippen LogP contribution in [0.2, 0.25) is 0 Å². The Morgan fingerprint density at radius 1 is 1.05 bits per heavy atom. The van der Waals surface area contributed by atoms with E-state index in [0.29, 0.717) is 34.8 Å². The highest BCUT2D eigenvalue weighted by molar-refractivity contribution is 5.95. The summed E-state index contributed by atoms with van der Waals surface area (Å²) in [5, 5.41) is 13.7. The van der Waals surface area contributed by atoms with E-state index in [2.05, 4.69) is 25.6 Å². The molecule has 5 aromatic rings. The van der Waals surface area contributed by atoms with E-state index in [1.54, 1.807) is 77.7 Å². The molecule has 3 heterocycles. The van der Waals surface area contributed by atoms with Crippen molar-refractivity contribution in [2.45, 2.75) is 12.6 Å². The molecular formula is C29H26FN7O4. The maximum Gasteiger partial charge on any atom is 0.325 e. The molecule has 1 amide bonds. The maximum atomic E-state index is 14.5. The van der Waals surface area contributed by atoms with Crippen LogP contribution in [-0.2, 0) is 16.1 Å². The lowest BCUT2D eigenvalue weighted by atomic mass is 10.1. The summed E-state index contributed by atoms with van der Waals surface area (Å²) in [6.07, 6.45) is 4.84. The minimum Gasteiger partial charge on any atom is -0.463 e. The van der Waals surface area contributed by atoms with Crippen molar-refractivity contribution in [3.05, 3.63) is 103 Å². The summed E-state index contributed by atoms with van der Waals surface area (Å²) in [5.41, 5.74) is 9.28. The first-order valence-corrected chi connectivity index (χ1v) is 12.7. The summed E-state index contributed by atoms with van der Waals surface area (Å²) < 4.78 is 27.0. The SMILES string of the molecule is N[C@H](COC(=O)CNC(=O)c1ccccc1)Cn1ccc(-c2ccc(Oc3ncc(-c4ccn[nH]4)cc3F)cc2)n1. The first-order chi connectivity index (χ1) is 19.9. The highest BCUT2D eigenvalue weighted by Crippen LogP contribution is 2.27. The quantitative estimate of drug-likeness (QED) is 0.209. The van der Waals surface area contributed by atoms with Crippen molar-refractivity contribution in [3.63, 3.8) is 0 Å². The fourth-order valence-corrected chi connectivity index (χ4v) is 3.88. The molecule has 4 N–H and O–H groups in total. The number of nitrogens with one attached hydrogen (secondary N) is 2. The number of carbonyl (C=O) groups excluding carboxylic acids is 2. The average molecular weight is 556 g/mol. The number of ether oxygens (including phenoxy) is 2. The van der Waals surface area contributed by atoms with Gasteiger partial charge in [-0.3, -0.25) is 19.4 Å². The van der Waals surface area contributed by atoms with Crippen LogP contribution in [0.5, 0.6) is 11.6 Å². The van der Waals surface area contributed by atoms with E-state index in [0.717, 1.165) is 5.56 Å². The summed E-state index contributed by atoms with van der Waals surface area (Å²) in [4.78, 5) is 28.1. The van der Waals surface area contributed by atoms with Crippen LogP contribution >= 0.6 is 0 Å². The van der Waals surface area contributed by atoms with Crippen LogP contribution in [0.4, 0.5) is 4.39 Å². The van der Waals surface area contributed by atoms with Crippen molar-refractivity contribution < 1.29 is 23.5 Å². The molecule has 208 valence electrons. The van der Waals surface area contributed by atoms with Crippen LogP contribution in [-0.4, -0.2) is 56.0 Å². The molecule has 11 nitrogen and oxygen atoms in total. The Labute approximate surface area is 234 Å². The van der Waals surface area contributed by atoms with E-state index in [1.165, 1.54) is 12.3 Å². The van der Waals surface area contributed by atoms with E-state index in [4.69, 9.17) is 15.2 Å². The Bertz CT molecular complexity index is 1610. The number of H-pyrrole nitrogens is 1. The molecule has 0 aliphatic carbocycles. The van der Waals surface area contributed by atoms with Crippen LogP contribution in [0.25, 0.3) is 22.5 Å². The molecule has 0 unspecified atom stereocenters. The normalized spacial score (nSPS) is 11.6. The highest BCUT2D eigenvalue weighted by atomic mass is 19.1. The number of aromatic amines is 1. The summed E-state index contributed by atoms with van der Waals surface area (Å²) in [6, 6.07) is 19.9. The zero-order valence-corrected chi connectivity index (χ0v) is 21.7. The number of hydrogen-bond donors (Lipinski definition) is 3. The van der Waals surface area contributed by atoms with E-state index in [-0.39, 0.29) is 24.9 Å². The first kappa shape index (κ1) is 27.2. The van der Waals surface area contributed by atoms with Crippen LogP contribution < -0.4 is 15.8 Å². The lowest BCUT2D eigenvalue weighted by molar-refractivity contribution is -0.143. The number of esters is 1. The molecule has 0 aliphatic rings. The third kappa shape index (κ3) is 7.19. The number of pyridine rings is 1. The van der Waals surface area contributed by atoms with Gasteiger partial charge in [-0.2, -0.15) is 10.2 Å². The molecule has 41 heavy (non-hydrogen) atoms. The topological polar surface area (TPSA) is 150 Å². The Morgan fingerprint density at radius 3 is 2.59 bits per heavy atom. The molecule has 0 bridgehead atoms. The van der Waals surface area contributed by atoms with Gasteiger partial charge >= 0.3 is 5.97 Å². The van der Waals surface area contributed by atoms with Gasteiger partial charge in [0, 0.05) is 35.3 Å². The fourth-order valence-electron chi connectivity index (χ4n) is 3.88. The number of hydrogen-bond acceptors (Lipinski definition) is 8. The number of benzene rings is 2. The van der Waals surface area contributed by atoms with Crippen LogP contribution in [0.3, 0.4) is 0 Å². The fraction of sp³-hybridized carbons (Fsp3) is 0.138. The molecule has 1 atom stereocenters. The third-order valence-electron chi connectivity index (χ3n) is 5.93. The average Bonchev–Trinajstić information content (AvgIpc) is 3.70. The summed E-state index contributed by atoms with van der Waals surface area (Å²) in [5.74, 6) is -1.27. The van der Waals surface area contributed by atoms with Crippen LogP contribution in [0, 0.1) is 5.82 Å². The molecule has 12 heteroatoms. The van der Waals surface area contributed by atoms with E-state index in [9.17, 15) is 14.0 Å². The number of halogens is 1. The molecule has 0 saturated heterocycles. The van der Waals surface area contributed by atoms with Gasteiger partial charge in [0.2, 0.25) is 0 Å². The van der Waals surface area contributed by atoms with Crippen molar-refractivity contribution >= 4 is 11.9 Å². The van der Waals surface area contributed by atoms with Gasteiger partial charge in [-0.25, -0.2) is 9.37 Å². The zero-order valence-electron chi connectivity index (χ0n) is 21.7. The molecule has 0 fully saturated rings. The second-order valence-electron chi connectivity index (χ2n) is 9.02. The Kier molecular flexibility index (Phi) is 8.41. The number of nitrogens with two attached hydrogens (primary N) is 1. The summed E-state index contributed by atoms with van der Waals surface area (Å²) in [7, 11) is 0. The molecule has 0 aliphatic heterocycles. The van der Waals surface area contributed by atoms with Gasteiger partial charge in [-0.05, 0) is 54.6 Å². The molecule has 5 rings (SSSR count). The Morgan fingerprint density at radius 2 is 1.85 bits per heavy atom. The number of rotatable bonds is 11. The zero-order chi connectivity index (χ0) is 28.6. The van der Waals surface area contributed by atoms with Gasteiger partial charge in [-0.15, -0.1) is 0 Å². The summed E-state index contributed by atoms with van der Waals surface area (Å²) >= 11 is 0. The second-order valence-corrected chi connectivity index (χ2v) is 9.02. The van der Waals surface area contributed by atoms with Gasteiger partial charge in [0.25, 0.3) is 11.8 Å². The lowest BCUT2D eigenvalue weighted by Gasteiger charge is -2.13. The predicted octanol–water partition coefficient (Wildman–Crippen LogP) is 3.57. The van der Waals surface area contributed by atoms with Crippen molar-refractivity contribution in [2.24, 2.45) is 5.73 Å². The lowest BCUT2D eigenvalue weighted by Crippen LogP contribution is -2.36. The van der Waals surface area contributed by atoms with Gasteiger partial charge in [0.1, 0.15) is 18.9 Å². The van der Waals surface area contributed by atoms with E-state index in [1.807, 2.05) is 6.07 Å². The largest absolute Gasteiger partial charge is 0.463 e. The third-order valence-corrected chi connectivity index (χ3v) is 5.93. The van der Waals surface area contributed by atoms with Gasteiger partial charge < -0.3 is 20.5 Å². The van der Waals surface area contributed by atoms with Crippen LogP contribution in [0.1, 0.15) is 10.4 Å². The first-order valence-electron chi connectivity index (χ1n) is 12.7. The molecular weight excluding hydrogens is 529 g/mol. The summed E-state index contributed by atoms with van der Waals surface area (Å²) in [6.45, 7) is 0.0182. The maximum absolute atomic E-state index is 14.5. The number of amides is 1. The van der Waals surface area contributed by atoms with Gasteiger partial charge in [0.05, 0.1) is 24.0 Å². The van der Waals surface area contributed by atoms with Crippen molar-refractivity contribution in [1.82, 2.24) is 30.3 Å². The van der Waals surface area contributed by atoms with Gasteiger partial charge in [0.15, 0.2) is 5.82 Å². The van der Waals surface area contributed by atoms with Crippen molar-refractivity contribution in [3.8, 4) is 34.1 Å². The number of carbonyl (C=O) groups is 2. The van der Waals surface area contributed by atoms with E-state index < -0.39 is 17.8 Å². The second kappa shape index (κ2) is 12.7. The Hall–Kier alpha value is -5.36. The highest BCUT2D eigenvalue weighted by Gasteiger charge is 2.13. The van der Waals surface area contributed by atoms with Crippen LogP contribution in [0.15, 0.2) is 91.4 Å². The molecule has 0 radical (unpaired) electrons.